The maximum absolute atomic E-state index is 12.9. The summed E-state index contributed by atoms with van der Waals surface area (Å²) in [5.74, 6) is -1.72. The van der Waals surface area contributed by atoms with Gasteiger partial charge in [0.2, 0.25) is 0 Å². The molecule has 1 heterocycles. The van der Waals surface area contributed by atoms with Crippen molar-refractivity contribution in [3.8, 4) is 0 Å². The largest absolute Gasteiger partial charge is 0.456 e. The SMILES string of the molecule is CC(N=C1NS(=O)(=O)c2ccccc21)C(=O)OCC(=O)c1ccc(F)cc1. The van der Waals surface area contributed by atoms with Crippen LogP contribution in [0.15, 0.2) is 58.4 Å². The van der Waals surface area contributed by atoms with E-state index in [1.807, 2.05) is 0 Å². The Balaban J connectivity index is 1.67. The number of esters is 1. The van der Waals surface area contributed by atoms with Crippen LogP contribution in [0.4, 0.5) is 4.39 Å². The number of fused-ring (bicyclic) bond motifs is 1. The molecule has 1 aliphatic heterocycles. The zero-order chi connectivity index (χ0) is 19.6. The summed E-state index contributed by atoms with van der Waals surface area (Å²) in [4.78, 5) is 28.2. The second-order valence-corrected chi connectivity index (χ2v) is 7.44. The monoisotopic (exact) mass is 390 g/mol. The number of hydrogen-bond donors (Lipinski definition) is 1. The molecular weight excluding hydrogens is 375 g/mol. The predicted molar refractivity (Wildman–Crippen MR) is 94.5 cm³/mol. The topological polar surface area (TPSA) is 102 Å². The van der Waals surface area contributed by atoms with Crippen LogP contribution in [0, 0.1) is 5.82 Å². The summed E-state index contributed by atoms with van der Waals surface area (Å²) in [5.41, 5.74) is 0.570. The summed E-state index contributed by atoms with van der Waals surface area (Å²) in [6.07, 6.45) is 0. The minimum atomic E-state index is -3.71. The molecule has 0 aliphatic carbocycles. The molecule has 0 fully saturated rings. The van der Waals surface area contributed by atoms with Crippen LogP contribution in [0.25, 0.3) is 0 Å². The first kappa shape index (κ1) is 18.7. The number of rotatable bonds is 5. The molecule has 0 aromatic heterocycles. The third-order valence-electron chi connectivity index (χ3n) is 3.84. The molecule has 9 heteroatoms. The van der Waals surface area contributed by atoms with Gasteiger partial charge in [-0.05, 0) is 43.3 Å². The minimum Gasteiger partial charge on any atom is -0.456 e. The molecule has 2 aromatic rings. The van der Waals surface area contributed by atoms with Gasteiger partial charge >= 0.3 is 5.97 Å². The number of nitrogens with zero attached hydrogens (tertiary/aromatic N) is 1. The number of hydrogen-bond acceptors (Lipinski definition) is 6. The van der Waals surface area contributed by atoms with E-state index in [4.69, 9.17) is 4.74 Å². The number of carbonyl (C=O) groups is 2. The van der Waals surface area contributed by atoms with Crippen LogP contribution in [-0.2, 0) is 19.6 Å². The molecule has 7 nitrogen and oxygen atoms in total. The lowest BCUT2D eigenvalue weighted by atomic mass is 10.1. The highest BCUT2D eigenvalue weighted by atomic mass is 32.2. The van der Waals surface area contributed by atoms with E-state index in [2.05, 4.69) is 9.71 Å². The van der Waals surface area contributed by atoms with Crippen LogP contribution >= 0.6 is 0 Å². The normalized spacial score (nSPS) is 17.0. The number of aliphatic imine (C=N–C) groups is 1. The van der Waals surface area contributed by atoms with Crippen LogP contribution in [0.2, 0.25) is 0 Å². The number of sulfonamides is 1. The van der Waals surface area contributed by atoms with Crippen LogP contribution in [0.5, 0.6) is 0 Å². The number of Topliss-reactive ketones (excluding diaryl/α,β-unsaturated/α-hetero) is 1. The zero-order valence-corrected chi connectivity index (χ0v) is 15.0. The molecule has 1 aliphatic rings. The number of nitrogens with one attached hydrogen (secondary N) is 1. The van der Waals surface area contributed by atoms with Gasteiger partial charge in [0.15, 0.2) is 12.4 Å². The molecule has 0 spiro atoms. The second-order valence-electron chi connectivity index (χ2n) is 5.79. The summed E-state index contributed by atoms with van der Waals surface area (Å²) in [7, 11) is -3.71. The summed E-state index contributed by atoms with van der Waals surface area (Å²) < 4.78 is 44.1. The summed E-state index contributed by atoms with van der Waals surface area (Å²) in [6.45, 7) is 0.898. The fourth-order valence-corrected chi connectivity index (χ4v) is 3.69. The van der Waals surface area contributed by atoms with E-state index in [0.717, 1.165) is 12.1 Å². The average Bonchev–Trinajstić information content (AvgIpc) is 2.90. The first-order valence-corrected chi connectivity index (χ1v) is 9.41. The Kier molecular flexibility index (Phi) is 5.04. The molecule has 0 radical (unpaired) electrons. The number of ketones is 1. The number of halogens is 1. The Morgan fingerprint density at radius 3 is 2.52 bits per heavy atom. The molecule has 27 heavy (non-hydrogen) atoms. The van der Waals surface area contributed by atoms with Gasteiger partial charge in [0.1, 0.15) is 17.7 Å². The first-order chi connectivity index (χ1) is 12.8. The first-order valence-electron chi connectivity index (χ1n) is 7.93. The molecule has 0 bridgehead atoms. The van der Waals surface area contributed by atoms with E-state index in [1.54, 1.807) is 18.2 Å². The van der Waals surface area contributed by atoms with Crippen molar-refractivity contribution >= 4 is 27.6 Å². The van der Waals surface area contributed by atoms with Crippen LogP contribution in [0.3, 0.4) is 0 Å². The third-order valence-corrected chi connectivity index (χ3v) is 5.24. The van der Waals surface area contributed by atoms with Gasteiger partial charge in [-0.1, -0.05) is 12.1 Å². The summed E-state index contributed by atoms with van der Waals surface area (Å²) in [6, 6.07) is 10.1. The Hall–Kier alpha value is -3.07. The van der Waals surface area contributed by atoms with Gasteiger partial charge in [0.25, 0.3) is 10.0 Å². The van der Waals surface area contributed by atoms with Crippen molar-refractivity contribution < 1.29 is 27.1 Å². The molecule has 0 saturated carbocycles. The van der Waals surface area contributed by atoms with Gasteiger partial charge in [-0.2, -0.15) is 0 Å². The van der Waals surface area contributed by atoms with Gasteiger partial charge in [-0.3, -0.25) is 14.5 Å². The summed E-state index contributed by atoms with van der Waals surface area (Å²) >= 11 is 0. The van der Waals surface area contributed by atoms with E-state index in [9.17, 15) is 22.4 Å². The number of carbonyl (C=O) groups excluding carboxylic acids is 2. The van der Waals surface area contributed by atoms with Crippen molar-refractivity contribution in [3.05, 3.63) is 65.5 Å². The second kappa shape index (κ2) is 7.28. The molecule has 1 N–H and O–H groups in total. The highest BCUT2D eigenvalue weighted by Crippen LogP contribution is 2.22. The molecule has 140 valence electrons. The molecular formula is C18H15FN2O5S. The number of ether oxygens (including phenoxy) is 1. The van der Waals surface area contributed by atoms with Gasteiger partial charge in [0.05, 0.1) is 4.90 Å². The minimum absolute atomic E-state index is 0.0416. The standard InChI is InChI=1S/C18H15FN2O5S/c1-11(18(23)26-10-15(22)12-6-8-13(19)9-7-12)20-17-14-4-2-3-5-16(14)27(24,25)21-17/h2-9,11H,10H2,1H3,(H,20,21). The predicted octanol–water partition coefficient (Wildman–Crippen LogP) is 1.68. The van der Waals surface area contributed by atoms with E-state index >= 15 is 0 Å². The Morgan fingerprint density at radius 1 is 1.15 bits per heavy atom. The molecule has 1 atom stereocenters. The smallest absolute Gasteiger partial charge is 0.331 e. The Bertz CT molecular complexity index is 1030. The third kappa shape index (κ3) is 4.03. The Labute approximate surface area is 154 Å². The average molecular weight is 390 g/mol. The molecule has 0 amide bonds. The molecule has 2 aromatic carbocycles. The van der Waals surface area contributed by atoms with Crippen molar-refractivity contribution in [3.63, 3.8) is 0 Å². The maximum Gasteiger partial charge on any atom is 0.331 e. The van der Waals surface area contributed by atoms with Crippen molar-refractivity contribution in [2.75, 3.05) is 6.61 Å². The van der Waals surface area contributed by atoms with Crippen LogP contribution < -0.4 is 4.72 Å². The number of amidine groups is 1. The Morgan fingerprint density at radius 2 is 1.81 bits per heavy atom. The van der Waals surface area contributed by atoms with Gasteiger partial charge in [-0.15, -0.1) is 0 Å². The fourth-order valence-electron chi connectivity index (χ4n) is 2.45. The van der Waals surface area contributed by atoms with E-state index in [1.165, 1.54) is 25.1 Å². The van der Waals surface area contributed by atoms with E-state index in [-0.39, 0.29) is 16.3 Å². The van der Waals surface area contributed by atoms with E-state index < -0.39 is 40.2 Å². The number of benzene rings is 2. The quantitative estimate of drug-likeness (QED) is 0.618. The van der Waals surface area contributed by atoms with Crippen molar-refractivity contribution in [1.82, 2.24) is 4.72 Å². The lowest BCUT2D eigenvalue weighted by Crippen LogP contribution is -2.27. The highest BCUT2D eigenvalue weighted by Gasteiger charge is 2.31. The summed E-state index contributed by atoms with van der Waals surface area (Å²) in [5, 5.41) is 0. The van der Waals surface area contributed by atoms with Crippen molar-refractivity contribution in [1.29, 1.82) is 0 Å². The zero-order valence-electron chi connectivity index (χ0n) is 14.2. The van der Waals surface area contributed by atoms with Crippen molar-refractivity contribution in [2.24, 2.45) is 4.99 Å². The van der Waals surface area contributed by atoms with Gasteiger partial charge < -0.3 is 4.74 Å². The lowest BCUT2D eigenvalue weighted by molar-refractivity contribution is -0.143. The van der Waals surface area contributed by atoms with Crippen LogP contribution in [-0.4, -0.2) is 38.7 Å². The maximum atomic E-state index is 12.9. The van der Waals surface area contributed by atoms with Gasteiger partial charge in [0, 0.05) is 11.1 Å². The molecule has 1 unspecified atom stereocenters. The fraction of sp³-hybridized carbons (Fsp3) is 0.167. The van der Waals surface area contributed by atoms with E-state index in [0.29, 0.717) is 5.56 Å². The molecule has 0 saturated heterocycles. The van der Waals surface area contributed by atoms with Gasteiger partial charge in [-0.25, -0.2) is 17.6 Å². The van der Waals surface area contributed by atoms with Crippen LogP contribution in [0.1, 0.15) is 22.8 Å². The molecule has 3 rings (SSSR count). The highest BCUT2D eigenvalue weighted by molar-refractivity contribution is 7.90. The van der Waals surface area contributed by atoms with Crippen molar-refractivity contribution in [2.45, 2.75) is 17.9 Å². The lowest BCUT2D eigenvalue weighted by Gasteiger charge is -2.09.